The molecule has 2 rings (SSSR count). The number of carboxylic acid groups (broad SMARTS) is 1. The van der Waals surface area contributed by atoms with Crippen molar-refractivity contribution in [2.75, 3.05) is 32.8 Å². The van der Waals surface area contributed by atoms with Crippen molar-refractivity contribution in [3.05, 3.63) is 29.3 Å². The summed E-state index contributed by atoms with van der Waals surface area (Å²) >= 11 is 0. The van der Waals surface area contributed by atoms with Crippen molar-refractivity contribution in [1.82, 2.24) is 4.90 Å². The van der Waals surface area contributed by atoms with Crippen LogP contribution in [0.1, 0.15) is 17.5 Å². The molecule has 0 amide bonds. The third-order valence-electron chi connectivity index (χ3n) is 3.63. The fraction of sp³-hybridized carbons (Fsp3) is 0.562. The van der Waals surface area contributed by atoms with Crippen LogP contribution in [0.3, 0.4) is 0 Å². The van der Waals surface area contributed by atoms with Crippen molar-refractivity contribution in [1.29, 1.82) is 0 Å². The summed E-state index contributed by atoms with van der Waals surface area (Å²) in [6.45, 7) is 7.53. The maximum absolute atomic E-state index is 10.7. The summed E-state index contributed by atoms with van der Waals surface area (Å²) in [6.07, 6.45) is -0.147. The van der Waals surface area contributed by atoms with Gasteiger partial charge in [0, 0.05) is 19.6 Å². The second-order valence-electron chi connectivity index (χ2n) is 5.51. The van der Waals surface area contributed by atoms with E-state index in [9.17, 15) is 4.79 Å². The highest BCUT2D eigenvalue weighted by molar-refractivity contribution is 5.67. The molecule has 1 aliphatic heterocycles. The number of hydrogen-bond acceptors (Lipinski definition) is 4. The minimum absolute atomic E-state index is 0.0638. The Morgan fingerprint density at radius 2 is 2.29 bits per heavy atom. The van der Waals surface area contributed by atoms with Crippen LogP contribution < -0.4 is 4.74 Å². The number of hydrogen-bond donors (Lipinski definition) is 1. The molecule has 1 aromatic carbocycles. The molecule has 1 aromatic rings. The van der Waals surface area contributed by atoms with E-state index in [4.69, 9.17) is 14.6 Å². The van der Waals surface area contributed by atoms with E-state index in [-0.39, 0.29) is 12.5 Å². The van der Waals surface area contributed by atoms with Gasteiger partial charge in [-0.1, -0.05) is 12.1 Å². The summed E-state index contributed by atoms with van der Waals surface area (Å²) in [5, 5.41) is 8.81. The van der Waals surface area contributed by atoms with Gasteiger partial charge in [0.2, 0.25) is 0 Å². The van der Waals surface area contributed by atoms with Gasteiger partial charge in [-0.3, -0.25) is 9.69 Å². The number of morpholine rings is 1. The summed E-state index contributed by atoms with van der Waals surface area (Å²) in [5.74, 6) is 0.110. The minimum Gasteiger partial charge on any atom is -0.492 e. The quantitative estimate of drug-likeness (QED) is 0.867. The predicted octanol–water partition coefficient (Wildman–Crippen LogP) is 1.86. The van der Waals surface area contributed by atoms with Crippen LogP contribution in [0.2, 0.25) is 0 Å². The van der Waals surface area contributed by atoms with Gasteiger partial charge in [0.1, 0.15) is 12.4 Å². The Balaban J connectivity index is 1.77. The molecule has 1 atom stereocenters. The highest BCUT2D eigenvalue weighted by atomic mass is 16.5. The van der Waals surface area contributed by atoms with Crippen molar-refractivity contribution >= 4 is 5.97 Å². The van der Waals surface area contributed by atoms with Crippen LogP contribution in [-0.4, -0.2) is 54.9 Å². The van der Waals surface area contributed by atoms with Gasteiger partial charge in [0.15, 0.2) is 0 Å². The number of aryl methyl sites for hydroxylation is 2. The number of ether oxygens (including phenoxy) is 2. The molecule has 0 aromatic heterocycles. The number of benzene rings is 1. The van der Waals surface area contributed by atoms with Crippen LogP contribution in [0.25, 0.3) is 0 Å². The van der Waals surface area contributed by atoms with Gasteiger partial charge in [0.25, 0.3) is 0 Å². The molecule has 1 saturated heterocycles. The zero-order valence-electron chi connectivity index (χ0n) is 12.7. The lowest BCUT2D eigenvalue weighted by molar-refractivity contribution is -0.142. The molecule has 1 fully saturated rings. The molecule has 0 saturated carbocycles. The zero-order valence-corrected chi connectivity index (χ0v) is 12.7. The standard InChI is InChI=1S/C16H23NO4/c1-12-3-4-13(2)15(9-12)21-8-6-17-5-7-20-14(11-17)10-16(18)19/h3-4,9,14H,5-8,10-11H2,1-2H3,(H,18,19). The lowest BCUT2D eigenvalue weighted by Crippen LogP contribution is -2.44. The molecule has 5 heteroatoms. The minimum atomic E-state index is -0.812. The van der Waals surface area contributed by atoms with Gasteiger partial charge >= 0.3 is 5.97 Å². The maximum Gasteiger partial charge on any atom is 0.306 e. The predicted molar refractivity (Wildman–Crippen MR) is 79.8 cm³/mol. The first-order valence-corrected chi connectivity index (χ1v) is 7.30. The molecule has 0 aliphatic carbocycles. The van der Waals surface area contributed by atoms with Crippen LogP contribution in [0.15, 0.2) is 18.2 Å². The van der Waals surface area contributed by atoms with Gasteiger partial charge in [-0.05, 0) is 31.0 Å². The summed E-state index contributed by atoms with van der Waals surface area (Å²) in [7, 11) is 0. The van der Waals surface area contributed by atoms with Crippen molar-refractivity contribution in [2.45, 2.75) is 26.4 Å². The second kappa shape index (κ2) is 7.43. The van der Waals surface area contributed by atoms with E-state index in [2.05, 4.69) is 17.0 Å². The molecule has 0 bridgehead atoms. The van der Waals surface area contributed by atoms with E-state index in [1.165, 1.54) is 5.56 Å². The van der Waals surface area contributed by atoms with Crippen LogP contribution in [0, 0.1) is 13.8 Å². The molecule has 1 N–H and O–H groups in total. The Bertz CT molecular complexity index is 489. The Labute approximate surface area is 125 Å². The lowest BCUT2D eigenvalue weighted by Gasteiger charge is -2.32. The van der Waals surface area contributed by atoms with Crippen LogP contribution in [-0.2, 0) is 9.53 Å². The first kappa shape index (κ1) is 15.8. The second-order valence-corrected chi connectivity index (χ2v) is 5.51. The molecule has 116 valence electrons. The number of carbonyl (C=O) groups is 1. The molecule has 0 spiro atoms. The Morgan fingerprint density at radius 1 is 1.48 bits per heavy atom. The third-order valence-corrected chi connectivity index (χ3v) is 3.63. The van der Waals surface area contributed by atoms with Gasteiger partial charge in [-0.2, -0.15) is 0 Å². The molecular weight excluding hydrogens is 270 g/mol. The largest absolute Gasteiger partial charge is 0.492 e. The van der Waals surface area contributed by atoms with Gasteiger partial charge in [-0.15, -0.1) is 0 Å². The SMILES string of the molecule is Cc1ccc(C)c(OCCN2CCOC(CC(=O)O)C2)c1. The van der Waals surface area contributed by atoms with Gasteiger partial charge in [0.05, 0.1) is 19.1 Å². The van der Waals surface area contributed by atoms with Crippen molar-refractivity contribution in [3.8, 4) is 5.75 Å². The van der Waals surface area contributed by atoms with E-state index in [0.717, 1.165) is 24.4 Å². The first-order chi connectivity index (χ1) is 10.0. The van der Waals surface area contributed by atoms with Gasteiger partial charge < -0.3 is 14.6 Å². The highest BCUT2D eigenvalue weighted by Gasteiger charge is 2.22. The van der Waals surface area contributed by atoms with Crippen LogP contribution >= 0.6 is 0 Å². The van der Waals surface area contributed by atoms with Gasteiger partial charge in [-0.25, -0.2) is 0 Å². The molecule has 21 heavy (non-hydrogen) atoms. The smallest absolute Gasteiger partial charge is 0.306 e. The number of nitrogens with zero attached hydrogens (tertiary/aromatic N) is 1. The monoisotopic (exact) mass is 293 g/mol. The molecule has 1 aliphatic rings. The van der Waals surface area contributed by atoms with Crippen LogP contribution in [0.4, 0.5) is 0 Å². The summed E-state index contributed by atoms with van der Waals surface area (Å²) in [5.41, 5.74) is 2.31. The topological polar surface area (TPSA) is 59.0 Å². The van der Waals surface area contributed by atoms with E-state index in [1.807, 2.05) is 19.9 Å². The van der Waals surface area contributed by atoms with E-state index >= 15 is 0 Å². The number of aliphatic carboxylic acids is 1. The molecule has 1 heterocycles. The molecule has 5 nitrogen and oxygen atoms in total. The third kappa shape index (κ3) is 5.02. The molecule has 0 radical (unpaired) electrons. The van der Waals surface area contributed by atoms with Crippen molar-refractivity contribution in [2.24, 2.45) is 0 Å². The first-order valence-electron chi connectivity index (χ1n) is 7.30. The fourth-order valence-corrected chi connectivity index (χ4v) is 2.45. The normalized spacial score (nSPS) is 19.4. The Hall–Kier alpha value is -1.59. The van der Waals surface area contributed by atoms with Crippen LogP contribution in [0.5, 0.6) is 5.75 Å². The number of rotatable bonds is 6. The molecule has 1 unspecified atom stereocenters. The van der Waals surface area contributed by atoms with E-state index < -0.39 is 5.97 Å². The average molecular weight is 293 g/mol. The summed E-state index contributed by atoms with van der Waals surface area (Å²) in [6, 6.07) is 6.17. The summed E-state index contributed by atoms with van der Waals surface area (Å²) < 4.78 is 11.3. The van der Waals surface area contributed by atoms with E-state index in [1.54, 1.807) is 0 Å². The lowest BCUT2D eigenvalue weighted by atomic mass is 10.1. The van der Waals surface area contributed by atoms with Crippen molar-refractivity contribution in [3.63, 3.8) is 0 Å². The number of carboxylic acids is 1. The average Bonchev–Trinajstić information content (AvgIpc) is 2.42. The highest BCUT2D eigenvalue weighted by Crippen LogP contribution is 2.19. The van der Waals surface area contributed by atoms with E-state index in [0.29, 0.717) is 19.8 Å². The Morgan fingerprint density at radius 3 is 3.05 bits per heavy atom. The Kier molecular flexibility index (Phi) is 5.59. The van der Waals surface area contributed by atoms with Crippen molar-refractivity contribution < 1.29 is 19.4 Å². The molecular formula is C16H23NO4. The summed E-state index contributed by atoms with van der Waals surface area (Å²) in [4.78, 5) is 12.9. The zero-order chi connectivity index (χ0) is 15.2. The maximum atomic E-state index is 10.7. The fourth-order valence-electron chi connectivity index (χ4n) is 2.45.